The van der Waals surface area contributed by atoms with Gasteiger partial charge >= 0.3 is 0 Å². The Morgan fingerprint density at radius 3 is 2.95 bits per heavy atom. The predicted molar refractivity (Wildman–Crippen MR) is 72.7 cm³/mol. The van der Waals surface area contributed by atoms with E-state index in [1.54, 1.807) is 0 Å². The van der Waals surface area contributed by atoms with Crippen LogP contribution in [0.2, 0.25) is 0 Å². The van der Waals surface area contributed by atoms with Crippen LogP contribution < -0.4 is 4.72 Å². The van der Waals surface area contributed by atoms with E-state index in [9.17, 15) is 8.42 Å². The van der Waals surface area contributed by atoms with Crippen LogP contribution >= 0.6 is 0 Å². The number of aryl methyl sites for hydroxylation is 1. The quantitative estimate of drug-likeness (QED) is 0.711. The second-order valence-electron chi connectivity index (χ2n) is 4.88. The van der Waals surface area contributed by atoms with Crippen molar-refractivity contribution >= 4 is 10.0 Å². The first-order chi connectivity index (χ1) is 9.55. The normalized spacial score (nSPS) is 22.7. The van der Waals surface area contributed by atoms with Crippen molar-refractivity contribution in [1.29, 1.82) is 0 Å². The van der Waals surface area contributed by atoms with E-state index in [0.717, 1.165) is 0 Å². The van der Waals surface area contributed by atoms with Crippen LogP contribution in [0.4, 0.5) is 0 Å². The molecule has 1 saturated carbocycles. The van der Waals surface area contributed by atoms with Gasteiger partial charge in [-0.15, -0.1) is 0 Å². The highest BCUT2D eigenvalue weighted by atomic mass is 32.2. The Bertz CT molecular complexity index is 523. The van der Waals surface area contributed by atoms with Gasteiger partial charge in [0, 0.05) is 32.0 Å². The maximum atomic E-state index is 12.1. The molecule has 0 amide bonds. The SMILES string of the molecule is CCOC1CC(NS(=O)(=O)c2cnn(CCCO)c2)C1. The van der Waals surface area contributed by atoms with Crippen LogP contribution in [0, 0.1) is 0 Å². The van der Waals surface area contributed by atoms with Crippen molar-refractivity contribution in [2.75, 3.05) is 13.2 Å². The molecular weight excluding hydrogens is 282 g/mol. The minimum atomic E-state index is -3.51. The lowest BCUT2D eigenvalue weighted by Crippen LogP contribution is -2.47. The number of aromatic nitrogens is 2. The minimum Gasteiger partial charge on any atom is -0.396 e. The lowest BCUT2D eigenvalue weighted by atomic mass is 9.90. The fraction of sp³-hybridized carbons (Fsp3) is 0.750. The third kappa shape index (κ3) is 3.78. The molecule has 1 fully saturated rings. The van der Waals surface area contributed by atoms with Crippen molar-refractivity contribution in [2.24, 2.45) is 0 Å². The number of hydrogen-bond donors (Lipinski definition) is 2. The van der Waals surface area contributed by atoms with Gasteiger partial charge in [0.15, 0.2) is 0 Å². The van der Waals surface area contributed by atoms with Crippen LogP contribution in [0.5, 0.6) is 0 Å². The second kappa shape index (κ2) is 6.66. The summed E-state index contributed by atoms with van der Waals surface area (Å²) in [4.78, 5) is 0.162. The van der Waals surface area contributed by atoms with Crippen molar-refractivity contribution in [3.05, 3.63) is 12.4 Å². The minimum absolute atomic E-state index is 0.0566. The first-order valence-corrected chi connectivity index (χ1v) is 8.30. The number of ether oxygens (including phenoxy) is 1. The highest BCUT2D eigenvalue weighted by Crippen LogP contribution is 2.25. The van der Waals surface area contributed by atoms with Gasteiger partial charge in [0.1, 0.15) is 4.90 Å². The number of nitrogens with one attached hydrogen (secondary N) is 1. The monoisotopic (exact) mass is 303 g/mol. The molecule has 20 heavy (non-hydrogen) atoms. The van der Waals surface area contributed by atoms with Gasteiger partial charge in [-0.2, -0.15) is 5.10 Å². The third-order valence-electron chi connectivity index (χ3n) is 3.28. The zero-order chi connectivity index (χ0) is 14.6. The van der Waals surface area contributed by atoms with E-state index in [1.807, 2.05) is 6.92 Å². The summed E-state index contributed by atoms with van der Waals surface area (Å²) < 4.78 is 33.8. The lowest BCUT2D eigenvalue weighted by Gasteiger charge is -2.34. The van der Waals surface area contributed by atoms with E-state index in [1.165, 1.54) is 17.1 Å². The standard InChI is InChI=1S/C12H21N3O4S/c1-2-19-11-6-10(7-11)14-20(17,18)12-8-13-15(9-12)4-3-5-16/h8-11,14,16H,2-7H2,1H3. The summed E-state index contributed by atoms with van der Waals surface area (Å²) >= 11 is 0. The zero-order valence-corrected chi connectivity index (χ0v) is 12.3. The van der Waals surface area contributed by atoms with Crippen molar-refractivity contribution < 1.29 is 18.3 Å². The largest absolute Gasteiger partial charge is 0.396 e. The Balaban J connectivity index is 1.89. The number of nitrogens with zero attached hydrogens (tertiary/aromatic N) is 2. The van der Waals surface area contributed by atoms with Gasteiger partial charge in [0.05, 0.1) is 12.3 Å². The van der Waals surface area contributed by atoms with E-state index in [-0.39, 0.29) is 23.6 Å². The molecule has 8 heteroatoms. The van der Waals surface area contributed by atoms with Crippen LogP contribution in [0.25, 0.3) is 0 Å². The first-order valence-electron chi connectivity index (χ1n) is 6.82. The topological polar surface area (TPSA) is 93.5 Å². The van der Waals surface area contributed by atoms with Crippen LogP contribution in [-0.2, 0) is 21.3 Å². The Morgan fingerprint density at radius 2 is 2.30 bits per heavy atom. The number of aliphatic hydroxyl groups is 1. The van der Waals surface area contributed by atoms with Crippen molar-refractivity contribution in [3.8, 4) is 0 Å². The summed E-state index contributed by atoms with van der Waals surface area (Å²) in [5.74, 6) is 0. The van der Waals surface area contributed by atoms with Crippen molar-refractivity contribution in [1.82, 2.24) is 14.5 Å². The maximum Gasteiger partial charge on any atom is 0.243 e. The molecule has 7 nitrogen and oxygen atoms in total. The van der Waals surface area contributed by atoms with Gasteiger partial charge < -0.3 is 9.84 Å². The van der Waals surface area contributed by atoms with E-state index in [0.29, 0.717) is 32.4 Å². The van der Waals surface area contributed by atoms with Gasteiger partial charge in [0.2, 0.25) is 10.0 Å². The van der Waals surface area contributed by atoms with E-state index < -0.39 is 10.0 Å². The van der Waals surface area contributed by atoms with E-state index >= 15 is 0 Å². The predicted octanol–water partition coefficient (Wildman–Crippen LogP) is 0.111. The number of hydrogen-bond acceptors (Lipinski definition) is 5. The summed E-state index contributed by atoms with van der Waals surface area (Å²) in [6.07, 6.45) is 4.96. The smallest absolute Gasteiger partial charge is 0.243 e. The Hall–Kier alpha value is -0.960. The number of sulfonamides is 1. The van der Waals surface area contributed by atoms with E-state index in [4.69, 9.17) is 9.84 Å². The fourth-order valence-electron chi connectivity index (χ4n) is 2.16. The lowest BCUT2D eigenvalue weighted by molar-refractivity contribution is -0.00475. The maximum absolute atomic E-state index is 12.1. The highest BCUT2D eigenvalue weighted by Gasteiger charge is 2.33. The Labute approximate surface area is 119 Å². The van der Waals surface area contributed by atoms with Gasteiger partial charge in [-0.1, -0.05) is 0 Å². The molecule has 114 valence electrons. The summed E-state index contributed by atoms with van der Waals surface area (Å²) in [5, 5.41) is 12.7. The van der Waals surface area contributed by atoms with Crippen LogP contribution in [-0.4, -0.2) is 48.7 Å². The molecule has 1 aliphatic rings. The van der Waals surface area contributed by atoms with Crippen molar-refractivity contribution in [3.63, 3.8) is 0 Å². The molecule has 0 saturated heterocycles. The molecule has 2 N–H and O–H groups in total. The molecule has 0 atom stereocenters. The molecule has 1 heterocycles. The van der Waals surface area contributed by atoms with Gasteiger partial charge in [-0.3, -0.25) is 4.68 Å². The summed E-state index contributed by atoms with van der Waals surface area (Å²) in [5.41, 5.74) is 0. The van der Waals surface area contributed by atoms with Gasteiger partial charge in [0.25, 0.3) is 0 Å². The molecule has 1 aromatic heterocycles. The molecule has 0 spiro atoms. The molecule has 1 aliphatic carbocycles. The molecule has 0 radical (unpaired) electrons. The molecule has 2 rings (SSSR count). The summed E-state index contributed by atoms with van der Waals surface area (Å²) in [6.45, 7) is 3.14. The van der Waals surface area contributed by atoms with Crippen molar-refractivity contribution in [2.45, 2.75) is 49.8 Å². The molecule has 0 aromatic carbocycles. The molecule has 0 bridgehead atoms. The van der Waals surface area contributed by atoms with Crippen LogP contribution in [0.3, 0.4) is 0 Å². The average molecular weight is 303 g/mol. The van der Waals surface area contributed by atoms with Gasteiger partial charge in [-0.05, 0) is 26.2 Å². The van der Waals surface area contributed by atoms with E-state index in [2.05, 4.69) is 9.82 Å². The molecule has 1 aromatic rings. The fourth-order valence-corrected chi connectivity index (χ4v) is 3.37. The number of aliphatic hydroxyl groups excluding tert-OH is 1. The van der Waals surface area contributed by atoms with Crippen LogP contribution in [0.15, 0.2) is 17.3 Å². The average Bonchev–Trinajstić information content (AvgIpc) is 2.83. The first kappa shape index (κ1) is 15.4. The molecular formula is C12H21N3O4S. The van der Waals surface area contributed by atoms with Gasteiger partial charge in [-0.25, -0.2) is 13.1 Å². The third-order valence-corrected chi connectivity index (χ3v) is 4.76. The van der Waals surface area contributed by atoms with Crippen LogP contribution in [0.1, 0.15) is 26.2 Å². The Kier molecular flexibility index (Phi) is 5.14. The molecule has 0 unspecified atom stereocenters. The Morgan fingerprint density at radius 1 is 1.55 bits per heavy atom. The summed E-state index contributed by atoms with van der Waals surface area (Å²) in [6, 6.07) is -0.0580. The second-order valence-corrected chi connectivity index (χ2v) is 6.60. The summed E-state index contributed by atoms with van der Waals surface area (Å²) in [7, 11) is -3.51. The zero-order valence-electron chi connectivity index (χ0n) is 11.5. The molecule has 0 aliphatic heterocycles. The number of rotatable bonds is 8. The highest BCUT2D eigenvalue weighted by molar-refractivity contribution is 7.89.